The van der Waals surface area contributed by atoms with Crippen molar-refractivity contribution in [1.29, 1.82) is 0 Å². The van der Waals surface area contributed by atoms with Crippen molar-refractivity contribution in [2.45, 2.75) is 44.9 Å². The molecule has 2 amide bonds. The van der Waals surface area contributed by atoms with E-state index in [0.717, 1.165) is 32.4 Å². The van der Waals surface area contributed by atoms with Gasteiger partial charge in [-0.1, -0.05) is 24.3 Å². The van der Waals surface area contributed by atoms with E-state index < -0.39 is 11.9 Å². The SMILES string of the molecule is CC(=O)N1CCC(Nc2cc(F)c3c(c2)C(=O)N(C[C@H](O)CN2CCc4ccccc4C2)CCO3)CC1. The van der Waals surface area contributed by atoms with Gasteiger partial charge in [-0.2, -0.15) is 0 Å². The quantitative estimate of drug-likeness (QED) is 0.621. The van der Waals surface area contributed by atoms with Crippen molar-refractivity contribution in [3.05, 3.63) is 58.9 Å². The van der Waals surface area contributed by atoms with Gasteiger partial charge in [0, 0.05) is 64.0 Å². The van der Waals surface area contributed by atoms with Crippen LogP contribution in [0.5, 0.6) is 5.75 Å². The standard InChI is InChI=1S/C28H35FN4O4/c1-19(34)32-10-7-22(8-11-32)30-23-14-25-27(26(29)15-23)37-13-12-33(28(25)36)18-24(35)17-31-9-6-20-4-2-3-5-21(20)16-31/h2-5,14-15,22,24,30,35H,6-13,16-18H2,1H3/t24-/m1/s1. The number of hydrogen-bond donors (Lipinski definition) is 2. The van der Waals surface area contributed by atoms with E-state index in [1.165, 1.54) is 17.2 Å². The molecule has 8 nitrogen and oxygen atoms in total. The number of amides is 2. The second kappa shape index (κ2) is 11.1. The molecule has 198 valence electrons. The molecule has 1 atom stereocenters. The Labute approximate surface area is 217 Å². The lowest BCUT2D eigenvalue weighted by atomic mass is 10.00. The smallest absolute Gasteiger partial charge is 0.258 e. The summed E-state index contributed by atoms with van der Waals surface area (Å²) in [7, 11) is 0. The number of piperidine rings is 1. The number of benzene rings is 2. The number of hydrogen-bond acceptors (Lipinski definition) is 6. The molecule has 3 aliphatic heterocycles. The molecule has 0 aromatic heterocycles. The van der Waals surface area contributed by atoms with Gasteiger partial charge < -0.3 is 25.0 Å². The highest BCUT2D eigenvalue weighted by molar-refractivity contribution is 5.98. The Morgan fingerprint density at radius 1 is 1.14 bits per heavy atom. The van der Waals surface area contributed by atoms with Crippen molar-refractivity contribution in [3.63, 3.8) is 0 Å². The van der Waals surface area contributed by atoms with E-state index in [0.29, 0.717) is 25.3 Å². The number of ether oxygens (including phenoxy) is 1. The average Bonchev–Trinajstić information content (AvgIpc) is 3.03. The molecule has 9 heteroatoms. The Kier molecular flexibility index (Phi) is 7.62. The van der Waals surface area contributed by atoms with Gasteiger partial charge in [0.15, 0.2) is 11.6 Å². The highest BCUT2D eigenvalue weighted by Gasteiger charge is 2.30. The Morgan fingerprint density at radius 2 is 1.89 bits per heavy atom. The first-order chi connectivity index (χ1) is 17.9. The van der Waals surface area contributed by atoms with Gasteiger partial charge in [-0.05, 0) is 36.5 Å². The van der Waals surface area contributed by atoms with Crippen molar-refractivity contribution < 1.29 is 23.8 Å². The van der Waals surface area contributed by atoms with Gasteiger partial charge in [-0.25, -0.2) is 4.39 Å². The van der Waals surface area contributed by atoms with Gasteiger partial charge in [0.25, 0.3) is 5.91 Å². The number of likely N-dealkylation sites (tertiary alicyclic amines) is 1. The molecule has 5 rings (SSSR count). The monoisotopic (exact) mass is 510 g/mol. The lowest BCUT2D eigenvalue weighted by Gasteiger charge is -2.32. The van der Waals surface area contributed by atoms with E-state index in [-0.39, 0.29) is 48.9 Å². The summed E-state index contributed by atoms with van der Waals surface area (Å²) < 4.78 is 20.6. The Balaban J connectivity index is 1.23. The van der Waals surface area contributed by atoms with Crippen molar-refractivity contribution in [1.82, 2.24) is 14.7 Å². The second-order valence-corrected chi connectivity index (χ2v) is 10.3. The lowest BCUT2D eigenvalue weighted by Crippen LogP contribution is -2.44. The molecule has 0 radical (unpaired) electrons. The number of fused-ring (bicyclic) bond motifs is 2. The van der Waals surface area contributed by atoms with Crippen LogP contribution in [0.1, 0.15) is 41.3 Å². The van der Waals surface area contributed by atoms with Crippen LogP contribution in [0.15, 0.2) is 36.4 Å². The van der Waals surface area contributed by atoms with E-state index in [1.807, 2.05) is 6.07 Å². The zero-order valence-electron chi connectivity index (χ0n) is 21.3. The zero-order valence-corrected chi connectivity index (χ0v) is 21.3. The third-order valence-corrected chi connectivity index (χ3v) is 7.59. The Bertz CT molecular complexity index is 1150. The van der Waals surface area contributed by atoms with Crippen molar-refractivity contribution in [2.75, 3.05) is 51.2 Å². The summed E-state index contributed by atoms with van der Waals surface area (Å²) in [4.78, 5) is 30.6. The largest absolute Gasteiger partial charge is 0.488 e. The van der Waals surface area contributed by atoms with Gasteiger partial charge in [0.2, 0.25) is 5.91 Å². The predicted octanol–water partition coefficient (Wildman–Crippen LogP) is 2.50. The number of aliphatic hydroxyl groups excluding tert-OH is 1. The molecular weight excluding hydrogens is 475 g/mol. The van der Waals surface area contributed by atoms with Gasteiger partial charge in [0.1, 0.15) is 6.61 Å². The van der Waals surface area contributed by atoms with Gasteiger partial charge in [0.05, 0.1) is 18.2 Å². The molecule has 0 unspecified atom stereocenters. The number of rotatable bonds is 6. The van der Waals surface area contributed by atoms with Crippen LogP contribution in [0.25, 0.3) is 0 Å². The molecule has 2 N–H and O–H groups in total. The minimum atomic E-state index is -0.728. The first kappa shape index (κ1) is 25.5. The van der Waals surface area contributed by atoms with Crippen LogP contribution in [-0.2, 0) is 17.8 Å². The molecule has 0 saturated carbocycles. The number of carbonyl (C=O) groups is 2. The molecule has 0 aliphatic carbocycles. The molecule has 2 aromatic carbocycles. The summed E-state index contributed by atoms with van der Waals surface area (Å²) in [6.45, 7) is 5.55. The van der Waals surface area contributed by atoms with E-state index in [9.17, 15) is 19.1 Å². The number of anilines is 1. The fourth-order valence-electron chi connectivity index (χ4n) is 5.58. The van der Waals surface area contributed by atoms with Crippen molar-refractivity contribution in [3.8, 4) is 5.75 Å². The van der Waals surface area contributed by atoms with E-state index in [2.05, 4.69) is 28.4 Å². The number of nitrogens with zero attached hydrogens (tertiary/aromatic N) is 3. The normalized spacial score (nSPS) is 19.5. The highest BCUT2D eigenvalue weighted by atomic mass is 19.1. The fourth-order valence-corrected chi connectivity index (χ4v) is 5.58. The summed E-state index contributed by atoms with van der Waals surface area (Å²) in [5.74, 6) is -0.899. The first-order valence-electron chi connectivity index (χ1n) is 13.1. The van der Waals surface area contributed by atoms with Crippen LogP contribution in [0.2, 0.25) is 0 Å². The van der Waals surface area contributed by atoms with Crippen molar-refractivity contribution in [2.24, 2.45) is 0 Å². The summed E-state index contributed by atoms with van der Waals surface area (Å²) in [6.07, 6.45) is 1.72. The Hall–Kier alpha value is -3.17. The number of aliphatic hydroxyl groups is 1. The maximum Gasteiger partial charge on any atom is 0.258 e. The predicted molar refractivity (Wildman–Crippen MR) is 138 cm³/mol. The minimum Gasteiger partial charge on any atom is -0.488 e. The second-order valence-electron chi connectivity index (χ2n) is 10.3. The zero-order chi connectivity index (χ0) is 25.9. The van der Waals surface area contributed by atoms with Gasteiger partial charge >= 0.3 is 0 Å². The van der Waals surface area contributed by atoms with Crippen molar-refractivity contribution >= 4 is 17.5 Å². The first-order valence-corrected chi connectivity index (χ1v) is 13.1. The van der Waals surface area contributed by atoms with Gasteiger partial charge in [-0.15, -0.1) is 0 Å². The van der Waals surface area contributed by atoms with Crippen LogP contribution in [0.3, 0.4) is 0 Å². The van der Waals surface area contributed by atoms with E-state index >= 15 is 0 Å². The summed E-state index contributed by atoms with van der Waals surface area (Å²) >= 11 is 0. The number of β-amino-alcohol motifs (C(OH)–C–C–N with tert-alkyl or cyclic N) is 1. The summed E-state index contributed by atoms with van der Waals surface area (Å²) in [5.41, 5.74) is 3.31. The minimum absolute atomic E-state index is 0.0356. The van der Waals surface area contributed by atoms with Crippen LogP contribution in [0, 0.1) is 5.82 Å². The van der Waals surface area contributed by atoms with E-state index in [1.54, 1.807) is 22.8 Å². The van der Waals surface area contributed by atoms with Crippen LogP contribution in [0.4, 0.5) is 10.1 Å². The summed E-state index contributed by atoms with van der Waals surface area (Å²) in [6, 6.07) is 11.4. The topological polar surface area (TPSA) is 85.4 Å². The number of nitrogens with one attached hydrogen (secondary N) is 1. The summed E-state index contributed by atoms with van der Waals surface area (Å²) in [5, 5.41) is 14.2. The average molecular weight is 511 g/mol. The van der Waals surface area contributed by atoms with Crippen LogP contribution >= 0.6 is 0 Å². The maximum atomic E-state index is 15.0. The molecule has 2 aromatic rings. The molecule has 37 heavy (non-hydrogen) atoms. The fraction of sp³-hybridized carbons (Fsp3) is 0.500. The highest BCUT2D eigenvalue weighted by Crippen LogP contribution is 2.31. The van der Waals surface area contributed by atoms with Gasteiger partial charge in [-0.3, -0.25) is 14.5 Å². The van der Waals surface area contributed by atoms with E-state index in [4.69, 9.17) is 4.74 Å². The number of carbonyl (C=O) groups excluding carboxylic acids is 2. The molecule has 3 aliphatic rings. The maximum absolute atomic E-state index is 15.0. The molecular formula is C28H35FN4O4. The molecule has 0 spiro atoms. The number of halogens is 1. The third-order valence-electron chi connectivity index (χ3n) is 7.59. The van der Waals surface area contributed by atoms with Crippen LogP contribution < -0.4 is 10.1 Å². The third kappa shape index (κ3) is 5.88. The molecule has 1 saturated heterocycles. The Morgan fingerprint density at radius 3 is 2.65 bits per heavy atom. The molecule has 1 fully saturated rings. The molecule has 3 heterocycles. The van der Waals surface area contributed by atoms with Crippen LogP contribution in [-0.4, -0.2) is 89.6 Å². The molecule has 0 bridgehead atoms. The lowest BCUT2D eigenvalue weighted by molar-refractivity contribution is -0.129.